The van der Waals surface area contributed by atoms with Crippen LogP contribution in [0, 0.1) is 5.41 Å². The molecule has 1 aliphatic carbocycles. The van der Waals surface area contributed by atoms with E-state index < -0.39 is 0 Å². The number of hydrogen-bond acceptors (Lipinski definition) is 3. The van der Waals surface area contributed by atoms with Gasteiger partial charge < -0.3 is 4.74 Å². The largest absolute Gasteiger partial charge is 0.423 e. The lowest BCUT2D eigenvalue weighted by Gasteiger charge is -2.33. The summed E-state index contributed by atoms with van der Waals surface area (Å²) in [7, 11) is 0. The summed E-state index contributed by atoms with van der Waals surface area (Å²) in [6.45, 7) is 9.80. The molecule has 0 aliphatic heterocycles. The average Bonchev–Trinajstić information content (AvgIpc) is 2.32. The molecule has 0 aromatic heterocycles. The number of hydrogen-bond donors (Lipinski definition) is 0. The van der Waals surface area contributed by atoms with Gasteiger partial charge >= 0.3 is 5.97 Å². The molecule has 0 bridgehead atoms. The third kappa shape index (κ3) is 4.32. The summed E-state index contributed by atoms with van der Waals surface area (Å²) < 4.78 is 5.24. The van der Waals surface area contributed by atoms with Gasteiger partial charge in [0.25, 0.3) is 0 Å². The molecule has 20 heavy (non-hydrogen) atoms. The molecule has 0 radical (unpaired) electrons. The van der Waals surface area contributed by atoms with E-state index in [9.17, 15) is 9.59 Å². The first-order valence-electron chi connectivity index (χ1n) is 7.41. The van der Waals surface area contributed by atoms with Gasteiger partial charge in [0.05, 0.1) is 0 Å². The van der Waals surface area contributed by atoms with Crippen LogP contribution in [0.15, 0.2) is 23.0 Å². The third-order valence-electron chi connectivity index (χ3n) is 3.84. The Morgan fingerprint density at radius 2 is 2.00 bits per heavy atom. The van der Waals surface area contributed by atoms with Crippen LogP contribution in [0.1, 0.15) is 66.7 Å². The van der Waals surface area contributed by atoms with Crippen LogP contribution in [-0.2, 0) is 14.3 Å². The van der Waals surface area contributed by atoms with Crippen molar-refractivity contribution in [3.8, 4) is 0 Å². The molecule has 0 spiro atoms. The Morgan fingerprint density at radius 1 is 1.35 bits per heavy atom. The first kappa shape index (κ1) is 16.7. The molecule has 0 aromatic carbocycles. The predicted octanol–water partition coefficient (Wildman–Crippen LogP) is 4.33. The second-order valence-corrected chi connectivity index (χ2v) is 6.22. The molecule has 112 valence electrons. The second kappa shape index (κ2) is 6.87. The maximum absolute atomic E-state index is 11.7. The standard InChI is InChI=1S/C17H26O3/c1-6-8-16(19)20-15(13(3)18)11-14-12(2)9-7-10-17(14,4)5/h11H,6-10H2,1-5H3/b15-11+. The predicted molar refractivity (Wildman–Crippen MR) is 80.1 cm³/mol. The lowest BCUT2D eigenvalue weighted by Crippen LogP contribution is -2.20. The van der Waals surface area contributed by atoms with E-state index in [1.54, 1.807) is 6.08 Å². The second-order valence-electron chi connectivity index (χ2n) is 6.22. The van der Waals surface area contributed by atoms with Crippen LogP contribution in [0.5, 0.6) is 0 Å². The van der Waals surface area contributed by atoms with Crippen molar-refractivity contribution < 1.29 is 14.3 Å². The van der Waals surface area contributed by atoms with Crippen LogP contribution in [0.2, 0.25) is 0 Å². The van der Waals surface area contributed by atoms with Gasteiger partial charge in [0.2, 0.25) is 0 Å². The van der Waals surface area contributed by atoms with Gasteiger partial charge in [0.15, 0.2) is 11.5 Å². The minimum atomic E-state index is -0.333. The van der Waals surface area contributed by atoms with Crippen molar-refractivity contribution >= 4 is 11.8 Å². The summed E-state index contributed by atoms with van der Waals surface area (Å²) in [5.74, 6) is -0.357. The molecule has 0 atom stereocenters. The number of esters is 1. The highest BCUT2D eigenvalue weighted by atomic mass is 16.5. The van der Waals surface area contributed by atoms with E-state index in [0.29, 0.717) is 6.42 Å². The fraction of sp³-hybridized carbons (Fsp3) is 0.647. The van der Waals surface area contributed by atoms with E-state index in [-0.39, 0.29) is 22.9 Å². The van der Waals surface area contributed by atoms with Gasteiger partial charge in [-0.05, 0) is 49.7 Å². The first-order valence-corrected chi connectivity index (χ1v) is 7.41. The van der Waals surface area contributed by atoms with Crippen molar-refractivity contribution in [2.45, 2.75) is 66.7 Å². The number of carbonyl (C=O) groups excluding carboxylic acids is 2. The van der Waals surface area contributed by atoms with E-state index in [1.807, 2.05) is 6.92 Å². The SMILES string of the molecule is CCCC(=O)O/C(=C/C1=C(C)CCCC1(C)C)C(C)=O. The smallest absolute Gasteiger partial charge is 0.311 e. The van der Waals surface area contributed by atoms with Crippen LogP contribution < -0.4 is 0 Å². The van der Waals surface area contributed by atoms with Crippen molar-refractivity contribution in [1.29, 1.82) is 0 Å². The van der Waals surface area contributed by atoms with E-state index in [1.165, 1.54) is 18.9 Å². The molecule has 1 rings (SSSR count). The summed E-state index contributed by atoms with van der Waals surface area (Å²) in [5.41, 5.74) is 2.45. The van der Waals surface area contributed by atoms with E-state index in [4.69, 9.17) is 4.74 Å². The van der Waals surface area contributed by atoms with Crippen molar-refractivity contribution in [3.63, 3.8) is 0 Å². The molecule has 1 aliphatic rings. The van der Waals surface area contributed by atoms with Gasteiger partial charge in [-0.1, -0.05) is 26.3 Å². The molecule has 0 heterocycles. The Morgan fingerprint density at radius 3 is 2.50 bits per heavy atom. The normalized spacial score (nSPS) is 18.9. The average molecular weight is 278 g/mol. The highest BCUT2D eigenvalue weighted by molar-refractivity contribution is 5.94. The minimum absolute atomic E-state index is 0.0280. The Kier molecular flexibility index (Phi) is 5.73. The molecule has 0 amide bonds. The van der Waals surface area contributed by atoms with Crippen LogP contribution in [-0.4, -0.2) is 11.8 Å². The van der Waals surface area contributed by atoms with Crippen LogP contribution in [0.3, 0.4) is 0 Å². The Hall–Kier alpha value is -1.38. The van der Waals surface area contributed by atoms with Gasteiger partial charge in [0, 0.05) is 13.3 Å². The highest BCUT2D eigenvalue weighted by Gasteiger charge is 2.28. The van der Waals surface area contributed by atoms with Gasteiger partial charge in [0.1, 0.15) is 0 Å². The highest BCUT2D eigenvalue weighted by Crippen LogP contribution is 2.41. The number of allylic oxidation sites excluding steroid dienone is 4. The fourth-order valence-electron chi connectivity index (χ4n) is 2.67. The number of ketones is 1. The Labute approximate surface area is 122 Å². The van der Waals surface area contributed by atoms with Gasteiger partial charge in [-0.15, -0.1) is 0 Å². The number of ether oxygens (including phenoxy) is 1. The van der Waals surface area contributed by atoms with Gasteiger partial charge in [-0.3, -0.25) is 9.59 Å². The molecule has 0 saturated carbocycles. The summed E-state index contributed by atoms with van der Waals surface area (Å²) in [4.78, 5) is 23.3. The Balaban J connectivity index is 3.07. The van der Waals surface area contributed by atoms with Crippen molar-refractivity contribution in [2.75, 3.05) is 0 Å². The van der Waals surface area contributed by atoms with Gasteiger partial charge in [-0.25, -0.2) is 0 Å². The molecule has 0 N–H and O–H groups in total. The van der Waals surface area contributed by atoms with E-state index in [2.05, 4.69) is 20.8 Å². The maximum Gasteiger partial charge on any atom is 0.311 e. The summed E-state index contributed by atoms with van der Waals surface area (Å²) in [6.07, 6.45) is 6.14. The fourth-order valence-corrected chi connectivity index (χ4v) is 2.67. The maximum atomic E-state index is 11.7. The number of rotatable bonds is 5. The van der Waals surface area contributed by atoms with E-state index in [0.717, 1.165) is 24.8 Å². The van der Waals surface area contributed by atoms with Crippen LogP contribution in [0.4, 0.5) is 0 Å². The molecule has 3 heteroatoms. The first-order chi connectivity index (χ1) is 9.27. The topological polar surface area (TPSA) is 43.4 Å². The third-order valence-corrected chi connectivity index (χ3v) is 3.84. The molecule has 0 unspecified atom stereocenters. The van der Waals surface area contributed by atoms with Crippen molar-refractivity contribution in [2.24, 2.45) is 5.41 Å². The molecule has 3 nitrogen and oxygen atoms in total. The zero-order valence-electron chi connectivity index (χ0n) is 13.3. The van der Waals surface area contributed by atoms with Crippen LogP contribution in [0.25, 0.3) is 0 Å². The number of carbonyl (C=O) groups is 2. The van der Waals surface area contributed by atoms with Crippen LogP contribution >= 0.6 is 0 Å². The molecular formula is C17H26O3. The van der Waals surface area contributed by atoms with E-state index >= 15 is 0 Å². The quantitative estimate of drug-likeness (QED) is 0.427. The molecule has 0 aromatic rings. The summed E-state index contributed by atoms with van der Waals surface area (Å²) in [5, 5.41) is 0. The molecular weight excluding hydrogens is 252 g/mol. The zero-order valence-corrected chi connectivity index (χ0v) is 13.3. The van der Waals surface area contributed by atoms with Crippen molar-refractivity contribution in [1.82, 2.24) is 0 Å². The minimum Gasteiger partial charge on any atom is -0.423 e. The van der Waals surface area contributed by atoms with Gasteiger partial charge in [-0.2, -0.15) is 0 Å². The van der Waals surface area contributed by atoms with Crippen molar-refractivity contribution in [3.05, 3.63) is 23.0 Å². The lowest BCUT2D eigenvalue weighted by atomic mass is 9.72. The molecule has 0 saturated heterocycles. The molecule has 0 fully saturated rings. The summed E-state index contributed by atoms with van der Waals surface area (Å²) in [6, 6.07) is 0. The lowest BCUT2D eigenvalue weighted by molar-refractivity contribution is -0.142. The zero-order chi connectivity index (χ0) is 15.3. The Bertz CT molecular complexity index is 453. The monoisotopic (exact) mass is 278 g/mol. The summed E-state index contributed by atoms with van der Waals surface area (Å²) >= 11 is 0. The number of Topliss-reactive ketones (excluding diaryl/α,β-unsaturated/α-hetero) is 1.